The Balaban J connectivity index is 2.32. The third kappa shape index (κ3) is 3.49. The van der Waals surface area contributed by atoms with Crippen molar-refractivity contribution in [3.63, 3.8) is 0 Å². The Hall–Kier alpha value is -2.87. The first kappa shape index (κ1) is 16.5. The quantitative estimate of drug-likeness (QED) is 0.628. The summed E-state index contributed by atoms with van der Waals surface area (Å²) >= 11 is 0. The number of carbonyl (C=O) groups excluding carboxylic acids is 2. The van der Waals surface area contributed by atoms with Gasteiger partial charge >= 0.3 is 5.97 Å². The molecule has 0 aliphatic carbocycles. The van der Waals surface area contributed by atoms with Gasteiger partial charge in [-0.1, -0.05) is 0 Å². The van der Waals surface area contributed by atoms with Crippen LogP contribution in [0.3, 0.4) is 0 Å². The van der Waals surface area contributed by atoms with Gasteiger partial charge in [0.2, 0.25) is 5.78 Å². The van der Waals surface area contributed by atoms with Crippen LogP contribution < -0.4 is 0 Å². The number of hydrogen-bond acceptors (Lipinski definition) is 4. The number of nitrogens with zero attached hydrogens (tertiary/aromatic N) is 2. The molecular formula is C18H18N2O3. The second kappa shape index (κ2) is 6.93. The molecule has 1 aromatic heterocycles. The standard InChI is InChI=1S/C18H18N2O3/c1-4-23-16(21)10-15-9-12(2)17(20(15)3)18(22)14-7-5-13(11-19)6-8-14/h5-9H,4,10H2,1-3H3. The highest BCUT2D eigenvalue weighted by Gasteiger charge is 2.19. The van der Waals surface area contributed by atoms with E-state index < -0.39 is 0 Å². The molecule has 2 rings (SSSR count). The molecule has 0 radical (unpaired) electrons. The van der Waals surface area contributed by atoms with Gasteiger partial charge in [0.15, 0.2) is 0 Å². The number of ketones is 1. The monoisotopic (exact) mass is 310 g/mol. The Bertz CT molecular complexity index is 780. The van der Waals surface area contributed by atoms with Crippen molar-refractivity contribution < 1.29 is 14.3 Å². The van der Waals surface area contributed by atoms with Crippen molar-refractivity contribution in [1.82, 2.24) is 4.57 Å². The molecule has 2 aromatic rings. The predicted molar refractivity (Wildman–Crippen MR) is 85.1 cm³/mol. The number of rotatable bonds is 5. The molecular weight excluding hydrogens is 292 g/mol. The summed E-state index contributed by atoms with van der Waals surface area (Å²) in [6.45, 7) is 3.93. The zero-order valence-electron chi connectivity index (χ0n) is 13.4. The third-order valence-corrected chi connectivity index (χ3v) is 3.64. The summed E-state index contributed by atoms with van der Waals surface area (Å²) < 4.78 is 6.68. The molecule has 5 nitrogen and oxygen atoms in total. The lowest BCUT2D eigenvalue weighted by molar-refractivity contribution is -0.142. The fraction of sp³-hybridized carbons (Fsp3) is 0.278. The van der Waals surface area contributed by atoms with Gasteiger partial charge < -0.3 is 9.30 Å². The fourth-order valence-corrected chi connectivity index (χ4v) is 2.52. The number of ether oxygens (including phenoxy) is 1. The lowest BCUT2D eigenvalue weighted by Gasteiger charge is -2.08. The van der Waals surface area contributed by atoms with Crippen LogP contribution in [0.2, 0.25) is 0 Å². The number of aromatic nitrogens is 1. The van der Waals surface area contributed by atoms with Crippen molar-refractivity contribution in [1.29, 1.82) is 5.26 Å². The molecule has 0 atom stereocenters. The third-order valence-electron chi connectivity index (χ3n) is 3.64. The van der Waals surface area contributed by atoms with Crippen LogP contribution in [0.1, 0.15) is 39.8 Å². The van der Waals surface area contributed by atoms with Gasteiger partial charge in [-0.05, 0) is 49.7 Å². The molecule has 1 aromatic carbocycles. The second-order valence-corrected chi connectivity index (χ2v) is 5.23. The van der Waals surface area contributed by atoms with Gasteiger partial charge in [-0.25, -0.2) is 0 Å². The van der Waals surface area contributed by atoms with Crippen molar-refractivity contribution >= 4 is 11.8 Å². The topological polar surface area (TPSA) is 72.1 Å². The van der Waals surface area contributed by atoms with Gasteiger partial charge in [0, 0.05) is 18.3 Å². The first-order valence-electron chi connectivity index (χ1n) is 7.33. The van der Waals surface area contributed by atoms with Crippen molar-refractivity contribution in [3.05, 3.63) is 58.4 Å². The molecule has 23 heavy (non-hydrogen) atoms. The van der Waals surface area contributed by atoms with Crippen LogP contribution in [0.25, 0.3) is 0 Å². The molecule has 0 saturated carbocycles. The van der Waals surface area contributed by atoms with Gasteiger partial charge in [-0.3, -0.25) is 9.59 Å². The van der Waals surface area contributed by atoms with Crippen LogP contribution in [0.5, 0.6) is 0 Å². The number of nitriles is 1. The second-order valence-electron chi connectivity index (χ2n) is 5.23. The van der Waals surface area contributed by atoms with Crippen molar-refractivity contribution in [3.8, 4) is 6.07 Å². The highest BCUT2D eigenvalue weighted by Crippen LogP contribution is 2.19. The summed E-state index contributed by atoms with van der Waals surface area (Å²) in [4.78, 5) is 24.3. The number of benzene rings is 1. The van der Waals surface area contributed by atoms with E-state index in [1.807, 2.05) is 19.1 Å². The summed E-state index contributed by atoms with van der Waals surface area (Å²) in [5, 5.41) is 8.82. The number of aryl methyl sites for hydroxylation is 1. The van der Waals surface area contributed by atoms with E-state index in [9.17, 15) is 9.59 Å². The molecule has 0 bridgehead atoms. The lowest BCUT2D eigenvalue weighted by Crippen LogP contribution is -2.14. The Morgan fingerprint density at radius 1 is 1.26 bits per heavy atom. The number of carbonyl (C=O) groups is 2. The molecule has 0 unspecified atom stereocenters. The Morgan fingerprint density at radius 3 is 2.48 bits per heavy atom. The van der Waals surface area contributed by atoms with E-state index in [0.29, 0.717) is 23.4 Å². The van der Waals surface area contributed by atoms with E-state index in [1.165, 1.54) is 0 Å². The number of esters is 1. The van der Waals surface area contributed by atoms with Crippen LogP contribution in [-0.4, -0.2) is 22.9 Å². The van der Waals surface area contributed by atoms with Gasteiger partial charge in [0.05, 0.1) is 30.4 Å². The Kier molecular flexibility index (Phi) is 4.97. The fourth-order valence-electron chi connectivity index (χ4n) is 2.52. The molecule has 0 N–H and O–H groups in total. The van der Waals surface area contributed by atoms with E-state index in [4.69, 9.17) is 10.00 Å². The molecule has 1 heterocycles. The summed E-state index contributed by atoms with van der Waals surface area (Å²) in [6, 6.07) is 10.4. The zero-order valence-corrected chi connectivity index (χ0v) is 13.4. The van der Waals surface area contributed by atoms with E-state index in [0.717, 1.165) is 11.3 Å². The minimum Gasteiger partial charge on any atom is -0.466 e. The molecule has 0 saturated heterocycles. The molecule has 118 valence electrons. The van der Waals surface area contributed by atoms with E-state index >= 15 is 0 Å². The van der Waals surface area contributed by atoms with Crippen LogP contribution in [0.15, 0.2) is 30.3 Å². The molecule has 0 amide bonds. The van der Waals surface area contributed by atoms with Crippen LogP contribution in [-0.2, 0) is 23.0 Å². The molecule has 0 aliphatic heterocycles. The average Bonchev–Trinajstić information content (AvgIpc) is 2.81. The Labute approximate surface area is 135 Å². The smallest absolute Gasteiger partial charge is 0.311 e. The maximum atomic E-state index is 12.7. The van der Waals surface area contributed by atoms with Crippen molar-refractivity contribution in [2.45, 2.75) is 20.3 Å². The van der Waals surface area contributed by atoms with Gasteiger partial charge in [-0.15, -0.1) is 0 Å². The van der Waals surface area contributed by atoms with E-state index in [-0.39, 0.29) is 18.2 Å². The van der Waals surface area contributed by atoms with Crippen LogP contribution in [0.4, 0.5) is 0 Å². The summed E-state index contributed by atoms with van der Waals surface area (Å²) in [5.41, 5.74) is 3.09. The van der Waals surface area contributed by atoms with Crippen LogP contribution >= 0.6 is 0 Å². The SMILES string of the molecule is CCOC(=O)Cc1cc(C)c(C(=O)c2ccc(C#N)cc2)n1C. The summed E-state index contributed by atoms with van der Waals surface area (Å²) in [5.74, 6) is -0.449. The van der Waals surface area contributed by atoms with Gasteiger partial charge in [0.25, 0.3) is 0 Å². The van der Waals surface area contributed by atoms with E-state index in [1.54, 1.807) is 42.8 Å². The Morgan fingerprint density at radius 2 is 1.91 bits per heavy atom. The van der Waals surface area contributed by atoms with Crippen molar-refractivity contribution in [2.24, 2.45) is 7.05 Å². The van der Waals surface area contributed by atoms with Crippen LogP contribution in [0, 0.1) is 18.3 Å². The number of hydrogen-bond donors (Lipinski definition) is 0. The van der Waals surface area contributed by atoms with E-state index in [2.05, 4.69) is 0 Å². The molecule has 0 spiro atoms. The molecule has 0 aliphatic rings. The first-order valence-corrected chi connectivity index (χ1v) is 7.33. The molecule has 0 fully saturated rings. The average molecular weight is 310 g/mol. The van der Waals surface area contributed by atoms with Crippen molar-refractivity contribution in [2.75, 3.05) is 6.61 Å². The maximum Gasteiger partial charge on any atom is 0.311 e. The minimum absolute atomic E-state index is 0.131. The summed E-state index contributed by atoms with van der Waals surface area (Å²) in [7, 11) is 1.76. The zero-order chi connectivity index (χ0) is 17.0. The maximum absolute atomic E-state index is 12.7. The normalized spacial score (nSPS) is 10.2. The summed E-state index contributed by atoms with van der Waals surface area (Å²) in [6.07, 6.45) is 0.131. The first-order chi connectivity index (χ1) is 11.0. The molecule has 5 heteroatoms. The highest BCUT2D eigenvalue weighted by molar-refractivity contribution is 6.09. The highest BCUT2D eigenvalue weighted by atomic mass is 16.5. The minimum atomic E-state index is -0.314. The largest absolute Gasteiger partial charge is 0.466 e. The predicted octanol–water partition coefficient (Wildman–Crippen LogP) is 2.54. The van der Waals surface area contributed by atoms with Gasteiger partial charge in [0.1, 0.15) is 0 Å². The lowest BCUT2D eigenvalue weighted by atomic mass is 10.0. The van der Waals surface area contributed by atoms with Gasteiger partial charge in [-0.2, -0.15) is 5.26 Å².